The van der Waals surface area contributed by atoms with Gasteiger partial charge in [0, 0.05) is 5.56 Å². The van der Waals surface area contributed by atoms with E-state index in [-0.39, 0.29) is 5.76 Å². The predicted molar refractivity (Wildman–Crippen MR) is 65.1 cm³/mol. The van der Waals surface area contributed by atoms with Gasteiger partial charge in [-0.05, 0) is 30.2 Å². The van der Waals surface area contributed by atoms with Gasteiger partial charge in [-0.15, -0.1) is 0 Å². The number of hydrogen-bond donors (Lipinski definition) is 1. The highest BCUT2D eigenvalue weighted by Crippen LogP contribution is 2.23. The van der Waals surface area contributed by atoms with Gasteiger partial charge in [-0.1, -0.05) is 31.5 Å². The number of carboxylic acid groups (broad SMARTS) is 1. The second-order valence-corrected chi connectivity index (χ2v) is 3.92. The molecule has 0 radical (unpaired) electrons. The first-order chi connectivity index (χ1) is 8.20. The van der Waals surface area contributed by atoms with Crippen molar-refractivity contribution in [2.75, 3.05) is 0 Å². The third-order valence-electron chi connectivity index (χ3n) is 2.57. The molecule has 0 aliphatic heterocycles. The Balaban J connectivity index is 2.31. The molecular weight excluding hydrogens is 216 g/mol. The summed E-state index contributed by atoms with van der Waals surface area (Å²) in [4.78, 5) is 10.7. The molecule has 3 nitrogen and oxygen atoms in total. The van der Waals surface area contributed by atoms with Crippen LogP contribution in [0.4, 0.5) is 0 Å². The summed E-state index contributed by atoms with van der Waals surface area (Å²) in [5.74, 6) is -0.470. The van der Waals surface area contributed by atoms with Gasteiger partial charge in [0.2, 0.25) is 5.76 Å². The Morgan fingerprint density at radius 1 is 1.29 bits per heavy atom. The van der Waals surface area contributed by atoms with Crippen LogP contribution >= 0.6 is 0 Å². The summed E-state index contributed by atoms with van der Waals surface area (Å²) >= 11 is 0. The molecule has 0 aliphatic rings. The van der Waals surface area contributed by atoms with E-state index in [0.29, 0.717) is 5.76 Å². The molecule has 0 atom stereocenters. The number of furan rings is 1. The molecule has 1 aromatic heterocycles. The molecule has 0 amide bonds. The summed E-state index contributed by atoms with van der Waals surface area (Å²) in [5.41, 5.74) is 2.15. The largest absolute Gasteiger partial charge is 0.475 e. The van der Waals surface area contributed by atoms with Gasteiger partial charge in [-0.3, -0.25) is 0 Å². The van der Waals surface area contributed by atoms with Crippen LogP contribution in [0.25, 0.3) is 11.3 Å². The van der Waals surface area contributed by atoms with E-state index in [1.54, 1.807) is 6.07 Å². The van der Waals surface area contributed by atoms with E-state index >= 15 is 0 Å². The van der Waals surface area contributed by atoms with Crippen molar-refractivity contribution in [1.82, 2.24) is 0 Å². The van der Waals surface area contributed by atoms with Crippen LogP contribution in [0.3, 0.4) is 0 Å². The van der Waals surface area contributed by atoms with Crippen molar-refractivity contribution in [2.45, 2.75) is 19.8 Å². The highest BCUT2D eigenvalue weighted by atomic mass is 16.4. The maximum atomic E-state index is 10.7. The Morgan fingerprint density at radius 2 is 2.12 bits per heavy atom. The molecule has 17 heavy (non-hydrogen) atoms. The molecule has 0 spiro atoms. The average molecular weight is 230 g/mol. The maximum absolute atomic E-state index is 10.7. The van der Waals surface area contributed by atoms with Crippen LogP contribution in [0, 0.1) is 0 Å². The number of carboxylic acids is 1. The first kappa shape index (κ1) is 11.5. The third kappa shape index (κ3) is 2.56. The summed E-state index contributed by atoms with van der Waals surface area (Å²) in [5, 5.41) is 8.79. The smallest absolute Gasteiger partial charge is 0.371 e. The van der Waals surface area contributed by atoms with E-state index in [0.717, 1.165) is 18.4 Å². The zero-order valence-corrected chi connectivity index (χ0v) is 9.64. The monoisotopic (exact) mass is 230 g/mol. The summed E-state index contributed by atoms with van der Waals surface area (Å²) in [6.45, 7) is 2.13. The van der Waals surface area contributed by atoms with Gasteiger partial charge in [-0.2, -0.15) is 0 Å². The topological polar surface area (TPSA) is 50.4 Å². The van der Waals surface area contributed by atoms with Crippen molar-refractivity contribution in [3.05, 3.63) is 47.7 Å². The molecule has 0 fully saturated rings. The minimum atomic E-state index is -1.04. The Hall–Kier alpha value is -2.03. The molecule has 2 rings (SSSR count). The standard InChI is InChI=1S/C14H14O3/c1-2-4-10-5-3-6-11(9-10)12-7-8-13(17-12)14(15)16/h3,5-9H,2,4H2,1H3,(H,15,16). The second-order valence-electron chi connectivity index (χ2n) is 3.92. The lowest BCUT2D eigenvalue weighted by molar-refractivity contribution is 0.0663. The quantitative estimate of drug-likeness (QED) is 0.873. The molecule has 2 aromatic rings. The van der Waals surface area contributed by atoms with Crippen LogP contribution in [-0.2, 0) is 6.42 Å². The van der Waals surface area contributed by atoms with Gasteiger partial charge in [0.05, 0.1) is 0 Å². The first-order valence-corrected chi connectivity index (χ1v) is 5.63. The molecule has 0 saturated carbocycles. The summed E-state index contributed by atoms with van der Waals surface area (Å²) < 4.78 is 5.26. The van der Waals surface area contributed by atoms with Crippen molar-refractivity contribution in [3.63, 3.8) is 0 Å². The highest BCUT2D eigenvalue weighted by Gasteiger charge is 2.10. The third-order valence-corrected chi connectivity index (χ3v) is 2.57. The second kappa shape index (κ2) is 4.87. The lowest BCUT2D eigenvalue weighted by atomic mass is 10.1. The van der Waals surface area contributed by atoms with Crippen molar-refractivity contribution in [1.29, 1.82) is 0 Å². The van der Waals surface area contributed by atoms with Gasteiger partial charge in [0.25, 0.3) is 0 Å². The number of benzene rings is 1. The number of hydrogen-bond acceptors (Lipinski definition) is 2. The molecule has 1 heterocycles. The van der Waals surface area contributed by atoms with Crippen LogP contribution in [0.1, 0.15) is 29.5 Å². The fourth-order valence-corrected chi connectivity index (χ4v) is 1.78. The number of aromatic carboxylic acids is 1. The summed E-state index contributed by atoms with van der Waals surface area (Å²) in [6.07, 6.45) is 2.10. The molecule has 0 bridgehead atoms. The van der Waals surface area contributed by atoms with Gasteiger partial charge in [-0.25, -0.2) is 4.79 Å². The van der Waals surface area contributed by atoms with Crippen LogP contribution in [-0.4, -0.2) is 11.1 Å². The molecule has 0 aliphatic carbocycles. The van der Waals surface area contributed by atoms with Crippen molar-refractivity contribution >= 4 is 5.97 Å². The molecule has 88 valence electrons. The Morgan fingerprint density at radius 3 is 2.76 bits per heavy atom. The van der Waals surface area contributed by atoms with Gasteiger partial charge in [0.15, 0.2) is 0 Å². The molecule has 1 N–H and O–H groups in total. The predicted octanol–water partition coefficient (Wildman–Crippen LogP) is 3.60. The Kier molecular flexibility index (Phi) is 3.28. The molecule has 3 heteroatoms. The van der Waals surface area contributed by atoms with E-state index in [1.807, 2.05) is 18.2 Å². The van der Waals surface area contributed by atoms with E-state index in [2.05, 4.69) is 13.0 Å². The fourth-order valence-electron chi connectivity index (χ4n) is 1.78. The lowest BCUT2D eigenvalue weighted by Gasteiger charge is -2.01. The van der Waals surface area contributed by atoms with Crippen LogP contribution < -0.4 is 0 Å². The van der Waals surface area contributed by atoms with Gasteiger partial charge >= 0.3 is 5.97 Å². The SMILES string of the molecule is CCCc1cccc(-c2ccc(C(=O)O)o2)c1. The molecule has 1 aromatic carbocycles. The van der Waals surface area contributed by atoms with E-state index < -0.39 is 5.97 Å². The lowest BCUT2D eigenvalue weighted by Crippen LogP contribution is -1.91. The number of carbonyl (C=O) groups is 1. The van der Waals surface area contributed by atoms with Crippen LogP contribution in [0.2, 0.25) is 0 Å². The Labute approximate surface area is 99.7 Å². The van der Waals surface area contributed by atoms with Gasteiger partial charge in [0.1, 0.15) is 5.76 Å². The van der Waals surface area contributed by atoms with Crippen molar-refractivity contribution in [3.8, 4) is 11.3 Å². The zero-order valence-electron chi connectivity index (χ0n) is 9.64. The van der Waals surface area contributed by atoms with Crippen LogP contribution in [0.5, 0.6) is 0 Å². The van der Waals surface area contributed by atoms with Gasteiger partial charge < -0.3 is 9.52 Å². The van der Waals surface area contributed by atoms with Crippen molar-refractivity contribution in [2.24, 2.45) is 0 Å². The highest BCUT2D eigenvalue weighted by molar-refractivity contribution is 5.85. The summed E-state index contributed by atoms with van der Waals surface area (Å²) in [6, 6.07) is 11.1. The number of rotatable bonds is 4. The minimum Gasteiger partial charge on any atom is -0.475 e. The Bertz CT molecular complexity index is 526. The molecule has 0 unspecified atom stereocenters. The van der Waals surface area contributed by atoms with E-state index in [1.165, 1.54) is 11.6 Å². The number of aryl methyl sites for hydroxylation is 1. The normalized spacial score (nSPS) is 10.4. The maximum Gasteiger partial charge on any atom is 0.371 e. The molecular formula is C14H14O3. The first-order valence-electron chi connectivity index (χ1n) is 5.63. The summed E-state index contributed by atoms with van der Waals surface area (Å²) in [7, 11) is 0. The molecule has 0 saturated heterocycles. The van der Waals surface area contributed by atoms with E-state index in [9.17, 15) is 4.79 Å². The average Bonchev–Trinajstić information content (AvgIpc) is 2.79. The fraction of sp³-hybridized carbons (Fsp3) is 0.214. The minimum absolute atomic E-state index is 0.0269. The van der Waals surface area contributed by atoms with E-state index in [4.69, 9.17) is 9.52 Å². The van der Waals surface area contributed by atoms with Crippen molar-refractivity contribution < 1.29 is 14.3 Å². The zero-order chi connectivity index (χ0) is 12.3. The van der Waals surface area contributed by atoms with Crippen LogP contribution in [0.15, 0.2) is 40.8 Å².